The second-order valence-electron chi connectivity index (χ2n) is 11.9. The minimum atomic E-state index is -1.79. The zero-order valence-corrected chi connectivity index (χ0v) is 24.9. The minimum absolute atomic E-state index is 0.0224. The third-order valence-corrected chi connectivity index (χ3v) is 7.72. The number of pyridine rings is 2. The van der Waals surface area contributed by atoms with Crippen LogP contribution in [0.3, 0.4) is 0 Å². The number of nitrogens with one attached hydrogen (secondary N) is 2. The normalized spacial score (nSPS) is 14.1. The Morgan fingerprint density at radius 3 is 2.51 bits per heavy atom. The van der Waals surface area contributed by atoms with Crippen LogP contribution in [0.2, 0.25) is 0 Å². The number of alkyl carbamates (subject to hydrolysis) is 1. The van der Waals surface area contributed by atoms with E-state index in [2.05, 4.69) is 10.6 Å². The fraction of sp³-hybridized carbons (Fsp3) is 0.452. The molecular weight excluding hydrogens is 559 g/mol. The lowest BCUT2D eigenvalue weighted by molar-refractivity contribution is -0.142. The van der Waals surface area contributed by atoms with E-state index in [9.17, 15) is 28.7 Å². The van der Waals surface area contributed by atoms with Crippen LogP contribution in [0.15, 0.2) is 16.9 Å². The maximum atomic E-state index is 14.8. The van der Waals surface area contributed by atoms with Crippen molar-refractivity contribution in [3.63, 3.8) is 0 Å². The Hall–Kier alpha value is -4.32. The highest BCUT2D eigenvalue weighted by atomic mass is 19.1. The van der Waals surface area contributed by atoms with Crippen molar-refractivity contribution in [3.05, 3.63) is 61.7 Å². The van der Waals surface area contributed by atoms with Crippen molar-refractivity contribution in [1.29, 1.82) is 0 Å². The molecule has 3 heterocycles. The molecule has 1 aromatic carbocycles. The summed E-state index contributed by atoms with van der Waals surface area (Å²) < 4.78 is 26.6. The first kappa shape index (κ1) is 30.1. The highest BCUT2D eigenvalue weighted by Crippen LogP contribution is 2.41. The number of carbonyl (C=O) groups is 3. The molecule has 2 aromatic heterocycles. The first-order valence-electron chi connectivity index (χ1n) is 14.2. The number of nitrogens with zero attached hydrogens (tertiary/aromatic N) is 2. The summed E-state index contributed by atoms with van der Waals surface area (Å²) >= 11 is 0. The average molecular weight is 595 g/mol. The number of aliphatic hydroxyl groups is 1. The molecular formula is C31H35FN4O7. The number of hydrogen-bond acceptors (Lipinski definition) is 8. The van der Waals surface area contributed by atoms with Crippen LogP contribution in [-0.4, -0.2) is 51.3 Å². The van der Waals surface area contributed by atoms with Gasteiger partial charge in [-0.3, -0.25) is 14.4 Å². The quantitative estimate of drug-likeness (QED) is 0.218. The Kier molecular flexibility index (Phi) is 7.99. The molecule has 1 unspecified atom stereocenters. The zero-order valence-electron chi connectivity index (χ0n) is 24.9. The molecule has 228 valence electrons. The van der Waals surface area contributed by atoms with Gasteiger partial charge in [0, 0.05) is 42.6 Å². The molecule has 12 heteroatoms. The van der Waals surface area contributed by atoms with E-state index in [1.807, 2.05) is 0 Å². The Bertz CT molecular complexity index is 1720. The number of fused-ring (bicyclic) bond motifs is 4. The lowest BCUT2D eigenvalue weighted by Crippen LogP contribution is -2.39. The number of benzene rings is 1. The third kappa shape index (κ3) is 5.83. The molecule has 3 aromatic rings. The smallest absolute Gasteiger partial charge is 0.407 e. The van der Waals surface area contributed by atoms with Gasteiger partial charge in [0.25, 0.3) is 11.5 Å². The predicted molar refractivity (Wildman–Crippen MR) is 155 cm³/mol. The van der Waals surface area contributed by atoms with Crippen molar-refractivity contribution in [3.8, 4) is 11.4 Å². The first-order valence-corrected chi connectivity index (χ1v) is 14.2. The number of esters is 1. The molecule has 0 radical (unpaired) electrons. The van der Waals surface area contributed by atoms with Crippen molar-refractivity contribution < 1.29 is 33.4 Å². The zero-order chi connectivity index (χ0) is 31.2. The monoisotopic (exact) mass is 594 g/mol. The summed E-state index contributed by atoms with van der Waals surface area (Å²) in [6.45, 7) is 7.90. The number of halogens is 1. The Morgan fingerprint density at radius 2 is 1.81 bits per heavy atom. The van der Waals surface area contributed by atoms with Gasteiger partial charge in [0.2, 0.25) is 0 Å². The topological polar surface area (TPSA) is 149 Å². The molecule has 1 atom stereocenters. The molecule has 11 nitrogen and oxygen atoms in total. The molecule has 1 aliphatic heterocycles. The van der Waals surface area contributed by atoms with Crippen LogP contribution in [0.5, 0.6) is 0 Å². The van der Waals surface area contributed by atoms with Crippen LogP contribution >= 0.6 is 0 Å². The van der Waals surface area contributed by atoms with Gasteiger partial charge in [-0.15, -0.1) is 0 Å². The van der Waals surface area contributed by atoms with Crippen molar-refractivity contribution >= 4 is 28.9 Å². The summed E-state index contributed by atoms with van der Waals surface area (Å²) in [5.74, 6) is -1.79. The van der Waals surface area contributed by atoms with Gasteiger partial charge in [-0.2, -0.15) is 0 Å². The molecule has 0 bridgehead atoms. The fourth-order valence-electron chi connectivity index (χ4n) is 5.79. The molecule has 2 amide bonds. The summed E-state index contributed by atoms with van der Waals surface area (Å²) in [5, 5.41) is 17.1. The molecule has 0 fully saturated rings. The number of aromatic nitrogens is 2. The second kappa shape index (κ2) is 11.4. The minimum Gasteiger partial charge on any atom is -0.461 e. The van der Waals surface area contributed by atoms with E-state index in [4.69, 9.17) is 14.5 Å². The Labute approximate surface area is 247 Å². The van der Waals surface area contributed by atoms with Gasteiger partial charge in [0.05, 0.1) is 29.0 Å². The highest BCUT2D eigenvalue weighted by molar-refractivity contribution is 5.92. The van der Waals surface area contributed by atoms with E-state index in [1.54, 1.807) is 27.7 Å². The number of amides is 2. The van der Waals surface area contributed by atoms with Crippen LogP contribution in [-0.2, 0) is 45.1 Å². The Balaban J connectivity index is 1.49. The number of aliphatic hydroxyl groups excluding tert-OH is 1. The van der Waals surface area contributed by atoms with Crippen LogP contribution in [0.25, 0.3) is 22.3 Å². The maximum Gasteiger partial charge on any atom is 0.407 e. The molecule has 2 aliphatic rings. The number of ether oxygens (including phenoxy) is 2. The van der Waals surface area contributed by atoms with Crippen LogP contribution in [0.1, 0.15) is 73.6 Å². The van der Waals surface area contributed by atoms with Crippen molar-refractivity contribution in [1.82, 2.24) is 20.2 Å². The van der Waals surface area contributed by atoms with Crippen LogP contribution in [0.4, 0.5) is 9.18 Å². The summed E-state index contributed by atoms with van der Waals surface area (Å²) in [7, 11) is 0. The van der Waals surface area contributed by atoms with E-state index in [0.717, 1.165) is 41.3 Å². The number of rotatable bonds is 7. The number of hydrogen-bond donors (Lipinski definition) is 3. The predicted octanol–water partition coefficient (Wildman–Crippen LogP) is 3.10. The number of aryl methyl sites for hydroxylation is 2. The average Bonchev–Trinajstić information content (AvgIpc) is 3.30. The molecule has 5 rings (SSSR count). The second-order valence-corrected chi connectivity index (χ2v) is 11.9. The first-order chi connectivity index (χ1) is 20.3. The van der Waals surface area contributed by atoms with Gasteiger partial charge in [-0.05, 0) is 69.7 Å². The lowest BCUT2D eigenvalue weighted by Gasteiger charge is -2.22. The van der Waals surface area contributed by atoms with Gasteiger partial charge in [-0.1, -0.05) is 0 Å². The molecule has 0 saturated carbocycles. The van der Waals surface area contributed by atoms with Gasteiger partial charge >= 0.3 is 12.1 Å². The third-order valence-electron chi connectivity index (χ3n) is 7.72. The van der Waals surface area contributed by atoms with Crippen LogP contribution < -0.4 is 16.2 Å². The fourth-order valence-corrected chi connectivity index (χ4v) is 5.79. The van der Waals surface area contributed by atoms with Crippen molar-refractivity contribution in [2.75, 3.05) is 13.1 Å². The van der Waals surface area contributed by atoms with Crippen LogP contribution in [0, 0.1) is 12.7 Å². The van der Waals surface area contributed by atoms with E-state index in [1.165, 1.54) is 23.6 Å². The molecule has 43 heavy (non-hydrogen) atoms. The summed E-state index contributed by atoms with van der Waals surface area (Å²) in [4.78, 5) is 55.0. The largest absolute Gasteiger partial charge is 0.461 e. The van der Waals surface area contributed by atoms with Gasteiger partial charge in [-0.25, -0.2) is 14.2 Å². The molecule has 0 spiro atoms. The van der Waals surface area contributed by atoms with E-state index in [0.29, 0.717) is 22.5 Å². The van der Waals surface area contributed by atoms with Gasteiger partial charge < -0.3 is 29.8 Å². The van der Waals surface area contributed by atoms with Gasteiger partial charge in [0.1, 0.15) is 18.0 Å². The van der Waals surface area contributed by atoms with E-state index < -0.39 is 41.8 Å². The van der Waals surface area contributed by atoms with Crippen molar-refractivity contribution in [2.24, 2.45) is 0 Å². The summed E-state index contributed by atoms with van der Waals surface area (Å²) in [6, 6.07) is 2.92. The Morgan fingerprint density at radius 1 is 1.12 bits per heavy atom. The lowest BCUT2D eigenvalue weighted by atomic mass is 9.85. The summed E-state index contributed by atoms with van der Waals surface area (Å²) in [5.41, 5.74) is 3.48. The summed E-state index contributed by atoms with van der Waals surface area (Å²) in [6.07, 6.45) is -0.125. The molecule has 3 N–H and O–H groups in total. The SMILES string of the molecule is CC(=O)OCc1c(C(O)C(=O)NCCNC(=O)OC(C)(C)C)cc2n(c1=O)Cc1c-2nc2cc(F)c(C)c3c2c1CCC3. The van der Waals surface area contributed by atoms with Gasteiger partial charge in [0.15, 0.2) is 6.10 Å². The standard InChI is InChI=1S/C31H35FN4O7/c1-15-17-7-6-8-18-20-13-36-24(26(20)35-23(25(17)18)12-22(15)32)11-19(21(29(36)40)14-42-16(2)37)27(38)28(39)33-9-10-34-30(41)43-31(3,4)5/h11-12,27,38H,6-10,13-14H2,1-5H3,(H,33,39)(H,34,41). The van der Waals surface area contributed by atoms with E-state index >= 15 is 0 Å². The molecule has 1 aliphatic carbocycles. The maximum absolute atomic E-state index is 14.8. The number of carbonyl (C=O) groups excluding carboxylic acids is 3. The van der Waals surface area contributed by atoms with Crippen molar-refractivity contribution in [2.45, 2.75) is 78.7 Å². The highest BCUT2D eigenvalue weighted by Gasteiger charge is 2.33. The molecule has 0 saturated heterocycles. The van der Waals surface area contributed by atoms with E-state index in [-0.39, 0.29) is 36.6 Å².